The summed E-state index contributed by atoms with van der Waals surface area (Å²) in [6, 6.07) is 8.52. The number of rotatable bonds is 7. The van der Waals surface area contributed by atoms with Crippen LogP contribution in [-0.4, -0.2) is 30.9 Å². The molecule has 2 N–H and O–H groups in total. The van der Waals surface area contributed by atoms with E-state index in [1.165, 1.54) is 37.3 Å². The Kier molecular flexibility index (Phi) is 4.78. The molecule has 1 saturated carbocycles. The van der Waals surface area contributed by atoms with E-state index in [9.17, 15) is 0 Å². The number of hydrogen-bond donors (Lipinski definition) is 1. The molecule has 0 aromatic heterocycles. The van der Waals surface area contributed by atoms with Crippen LogP contribution in [0.3, 0.4) is 0 Å². The molecule has 0 saturated heterocycles. The van der Waals surface area contributed by atoms with Crippen molar-refractivity contribution in [3.8, 4) is 0 Å². The first-order valence-electron chi connectivity index (χ1n) is 8.33. The summed E-state index contributed by atoms with van der Waals surface area (Å²) in [4.78, 5) is 9.27. The summed E-state index contributed by atoms with van der Waals surface area (Å²) in [6.45, 7) is 5.81. The second-order valence-corrected chi connectivity index (χ2v) is 6.19. The summed E-state index contributed by atoms with van der Waals surface area (Å²) >= 11 is 0. The largest absolute Gasteiger partial charge is 0.358 e. The number of anilines is 1. The van der Waals surface area contributed by atoms with Crippen LogP contribution in [0.2, 0.25) is 0 Å². The van der Waals surface area contributed by atoms with E-state index in [1.54, 1.807) is 0 Å². The predicted octanol–water partition coefficient (Wildman–Crippen LogP) is 2.96. The number of benzene rings is 1. The summed E-state index contributed by atoms with van der Waals surface area (Å²) in [7, 11) is 0. The van der Waals surface area contributed by atoms with Crippen molar-refractivity contribution in [3.05, 3.63) is 41.7 Å². The highest BCUT2D eigenvalue weighted by molar-refractivity contribution is 5.76. The average Bonchev–Trinajstić information content (AvgIpc) is 3.39. The van der Waals surface area contributed by atoms with Crippen LogP contribution >= 0.6 is 0 Å². The molecule has 0 radical (unpaired) electrons. The maximum Gasteiger partial charge on any atom is 0.116 e. The van der Waals surface area contributed by atoms with Crippen molar-refractivity contribution < 1.29 is 0 Å². The molecule has 118 valence electrons. The fourth-order valence-corrected chi connectivity index (χ4v) is 2.89. The highest BCUT2D eigenvalue weighted by Crippen LogP contribution is 2.32. The van der Waals surface area contributed by atoms with Gasteiger partial charge in [-0.3, -0.25) is 4.99 Å². The van der Waals surface area contributed by atoms with Crippen molar-refractivity contribution in [1.82, 2.24) is 4.90 Å². The molecule has 22 heavy (non-hydrogen) atoms. The normalized spacial score (nSPS) is 17.5. The standard InChI is InChI=1S/C18H26N4/c1-2-11-21(13-16-3-4-16)18-9-10-20-14-22(18)17-7-5-15(12-19)6-8-17/h5-10,16H,2-4,11-14,19H2,1H3. The van der Waals surface area contributed by atoms with Gasteiger partial charge in [-0.2, -0.15) is 0 Å². The van der Waals surface area contributed by atoms with E-state index in [1.807, 2.05) is 6.21 Å². The number of aliphatic imine (C=N–C) groups is 1. The highest BCUT2D eigenvalue weighted by Gasteiger charge is 2.27. The first-order chi connectivity index (χ1) is 10.8. The van der Waals surface area contributed by atoms with Crippen LogP contribution < -0.4 is 10.6 Å². The molecule has 0 spiro atoms. The SMILES string of the molecule is CCCN(CC1CC1)C1=CC=NCN1c1ccc(CN)cc1. The van der Waals surface area contributed by atoms with E-state index in [4.69, 9.17) is 5.73 Å². The molecule has 0 amide bonds. The molecule has 1 aliphatic heterocycles. The third kappa shape index (κ3) is 3.50. The van der Waals surface area contributed by atoms with Gasteiger partial charge in [0.2, 0.25) is 0 Å². The molecule has 4 nitrogen and oxygen atoms in total. The van der Waals surface area contributed by atoms with Crippen molar-refractivity contribution in [2.24, 2.45) is 16.6 Å². The molecule has 1 aromatic rings. The molecular formula is C18H26N4. The van der Waals surface area contributed by atoms with Gasteiger partial charge in [-0.05, 0) is 49.0 Å². The van der Waals surface area contributed by atoms with Gasteiger partial charge in [-0.1, -0.05) is 19.1 Å². The summed E-state index contributed by atoms with van der Waals surface area (Å²) in [6.07, 6.45) is 8.02. The van der Waals surface area contributed by atoms with Gasteiger partial charge < -0.3 is 15.5 Å². The van der Waals surface area contributed by atoms with Crippen LogP contribution in [0.5, 0.6) is 0 Å². The fourth-order valence-electron chi connectivity index (χ4n) is 2.89. The smallest absolute Gasteiger partial charge is 0.116 e. The van der Waals surface area contributed by atoms with Crippen molar-refractivity contribution in [2.45, 2.75) is 32.7 Å². The van der Waals surface area contributed by atoms with Crippen molar-refractivity contribution in [1.29, 1.82) is 0 Å². The van der Waals surface area contributed by atoms with E-state index in [0.717, 1.165) is 18.0 Å². The Labute approximate surface area is 133 Å². The van der Waals surface area contributed by atoms with Gasteiger partial charge in [-0.15, -0.1) is 0 Å². The summed E-state index contributed by atoms with van der Waals surface area (Å²) in [5.74, 6) is 2.16. The van der Waals surface area contributed by atoms with Gasteiger partial charge in [0.05, 0.1) is 0 Å². The highest BCUT2D eigenvalue weighted by atomic mass is 15.4. The van der Waals surface area contributed by atoms with Gasteiger partial charge in [0.1, 0.15) is 12.5 Å². The Morgan fingerprint density at radius 1 is 1.27 bits per heavy atom. The Bertz CT molecular complexity index is 543. The van der Waals surface area contributed by atoms with Gasteiger partial charge in [0, 0.05) is 31.5 Å². The van der Waals surface area contributed by atoms with Gasteiger partial charge in [0.25, 0.3) is 0 Å². The van der Waals surface area contributed by atoms with Crippen molar-refractivity contribution in [2.75, 3.05) is 24.7 Å². The number of nitrogens with zero attached hydrogens (tertiary/aromatic N) is 3. The van der Waals surface area contributed by atoms with E-state index < -0.39 is 0 Å². The zero-order chi connectivity index (χ0) is 15.4. The van der Waals surface area contributed by atoms with Crippen molar-refractivity contribution in [3.63, 3.8) is 0 Å². The maximum atomic E-state index is 5.70. The molecule has 0 unspecified atom stereocenters. The predicted molar refractivity (Wildman–Crippen MR) is 92.8 cm³/mol. The number of nitrogens with two attached hydrogens (primary N) is 1. The zero-order valence-electron chi connectivity index (χ0n) is 13.4. The lowest BCUT2D eigenvalue weighted by Gasteiger charge is -2.36. The number of hydrogen-bond acceptors (Lipinski definition) is 4. The molecule has 1 aliphatic carbocycles. The van der Waals surface area contributed by atoms with E-state index in [0.29, 0.717) is 13.2 Å². The van der Waals surface area contributed by atoms with Gasteiger partial charge in [-0.25, -0.2) is 0 Å². The minimum absolute atomic E-state index is 0.588. The third-order valence-electron chi connectivity index (χ3n) is 4.31. The maximum absolute atomic E-state index is 5.70. The number of allylic oxidation sites excluding steroid dienone is 1. The first-order valence-corrected chi connectivity index (χ1v) is 8.33. The van der Waals surface area contributed by atoms with Crippen LogP contribution in [0.1, 0.15) is 31.7 Å². The summed E-state index contributed by atoms with van der Waals surface area (Å²) < 4.78 is 0. The van der Waals surface area contributed by atoms with Crippen molar-refractivity contribution >= 4 is 11.9 Å². The summed E-state index contributed by atoms with van der Waals surface area (Å²) in [5.41, 5.74) is 8.06. The summed E-state index contributed by atoms with van der Waals surface area (Å²) in [5, 5.41) is 0. The molecule has 0 atom stereocenters. The Hall–Kier alpha value is -1.81. The van der Waals surface area contributed by atoms with Crippen LogP contribution in [0.4, 0.5) is 5.69 Å². The van der Waals surface area contributed by atoms with Crippen LogP contribution in [0.15, 0.2) is 41.2 Å². The fraction of sp³-hybridized carbons (Fsp3) is 0.500. The Morgan fingerprint density at radius 2 is 2.05 bits per heavy atom. The Morgan fingerprint density at radius 3 is 2.68 bits per heavy atom. The topological polar surface area (TPSA) is 44.9 Å². The molecule has 3 rings (SSSR count). The molecule has 0 bridgehead atoms. The van der Waals surface area contributed by atoms with E-state index in [-0.39, 0.29) is 0 Å². The second kappa shape index (κ2) is 6.97. The Balaban J connectivity index is 1.81. The molecule has 1 fully saturated rings. The zero-order valence-corrected chi connectivity index (χ0v) is 13.4. The van der Waals surface area contributed by atoms with Crippen LogP contribution in [0.25, 0.3) is 0 Å². The quantitative estimate of drug-likeness (QED) is 0.842. The van der Waals surface area contributed by atoms with E-state index in [2.05, 4.69) is 52.1 Å². The van der Waals surface area contributed by atoms with Gasteiger partial charge >= 0.3 is 0 Å². The van der Waals surface area contributed by atoms with Crippen LogP contribution in [-0.2, 0) is 6.54 Å². The lowest BCUT2D eigenvalue weighted by atomic mass is 10.2. The van der Waals surface area contributed by atoms with E-state index >= 15 is 0 Å². The molecule has 4 heteroatoms. The minimum Gasteiger partial charge on any atom is -0.358 e. The monoisotopic (exact) mass is 298 g/mol. The molecule has 2 aliphatic rings. The minimum atomic E-state index is 0.588. The molecule has 1 aromatic carbocycles. The third-order valence-corrected chi connectivity index (χ3v) is 4.31. The molecular weight excluding hydrogens is 272 g/mol. The molecule has 1 heterocycles. The first kappa shape index (κ1) is 15.1. The average molecular weight is 298 g/mol. The van der Waals surface area contributed by atoms with Gasteiger partial charge in [0.15, 0.2) is 0 Å². The lowest BCUT2D eigenvalue weighted by Crippen LogP contribution is -2.39. The van der Waals surface area contributed by atoms with Crippen LogP contribution in [0, 0.1) is 5.92 Å². The lowest BCUT2D eigenvalue weighted by molar-refractivity contribution is 0.320. The second-order valence-electron chi connectivity index (χ2n) is 6.19.